The summed E-state index contributed by atoms with van der Waals surface area (Å²) in [4.78, 5) is 0. The van der Waals surface area contributed by atoms with Gasteiger partial charge in [0.25, 0.3) is 0 Å². The van der Waals surface area contributed by atoms with Crippen LogP contribution in [0.5, 0.6) is 0 Å². The van der Waals surface area contributed by atoms with E-state index in [9.17, 15) is 0 Å². The van der Waals surface area contributed by atoms with Crippen molar-refractivity contribution >= 4 is 5.57 Å². The molecule has 0 unspecified atom stereocenters. The molecule has 0 spiro atoms. The van der Waals surface area contributed by atoms with Crippen LogP contribution in [0.2, 0.25) is 0 Å². The number of hydrogen-bond donors (Lipinski definition) is 0. The van der Waals surface area contributed by atoms with Gasteiger partial charge in [-0.05, 0) is 35.1 Å². The van der Waals surface area contributed by atoms with E-state index in [0.29, 0.717) is 0 Å². The maximum atomic E-state index is 2.32. The Bertz CT molecular complexity index is 503. The molecule has 0 radical (unpaired) electrons. The van der Waals surface area contributed by atoms with Gasteiger partial charge in [0.15, 0.2) is 0 Å². The van der Waals surface area contributed by atoms with Crippen molar-refractivity contribution in [2.45, 2.75) is 12.8 Å². The third-order valence-corrected chi connectivity index (χ3v) is 3.17. The molecule has 2 aromatic rings. The third kappa shape index (κ3) is 1.67. The summed E-state index contributed by atoms with van der Waals surface area (Å²) in [5, 5.41) is 0. The van der Waals surface area contributed by atoms with Crippen molar-refractivity contribution in [3.63, 3.8) is 0 Å². The van der Waals surface area contributed by atoms with Crippen molar-refractivity contribution in [3.8, 4) is 11.1 Å². The Morgan fingerprint density at radius 1 is 0.625 bits per heavy atom. The second kappa shape index (κ2) is 3.97. The van der Waals surface area contributed by atoms with E-state index in [1.54, 1.807) is 0 Å². The van der Waals surface area contributed by atoms with Crippen LogP contribution in [-0.4, -0.2) is 0 Å². The number of rotatable bonds is 2. The van der Waals surface area contributed by atoms with Crippen molar-refractivity contribution in [1.29, 1.82) is 0 Å². The molecule has 0 fully saturated rings. The Labute approximate surface area is 96.3 Å². The van der Waals surface area contributed by atoms with Gasteiger partial charge in [-0.25, -0.2) is 0 Å². The largest absolute Gasteiger partial charge is 0.0804 e. The zero-order valence-electron chi connectivity index (χ0n) is 9.19. The van der Waals surface area contributed by atoms with Crippen molar-refractivity contribution in [1.82, 2.24) is 0 Å². The van der Waals surface area contributed by atoms with Gasteiger partial charge in [-0.3, -0.25) is 0 Å². The molecule has 78 valence electrons. The first-order valence-corrected chi connectivity index (χ1v) is 5.78. The minimum absolute atomic E-state index is 1.24. The summed E-state index contributed by atoms with van der Waals surface area (Å²) in [6, 6.07) is 19.4. The highest BCUT2D eigenvalue weighted by Gasteiger charge is 2.07. The summed E-state index contributed by atoms with van der Waals surface area (Å²) in [5.74, 6) is 0. The van der Waals surface area contributed by atoms with Gasteiger partial charge in [0.1, 0.15) is 0 Å². The molecular formula is C16H14. The van der Waals surface area contributed by atoms with Crippen molar-refractivity contribution < 1.29 is 0 Å². The van der Waals surface area contributed by atoms with E-state index in [4.69, 9.17) is 0 Å². The second-order valence-corrected chi connectivity index (χ2v) is 4.21. The van der Waals surface area contributed by atoms with Crippen LogP contribution in [0, 0.1) is 0 Å². The normalized spacial score (nSPS) is 14.1. The van der Waals surface area contributed by atoms with E-state index >= 15 is 0 Å². The first-order chi connectivity index (χ1) is 7.93. The van der Waals surface area contributed by atoms with Crippen LogP contribution in [0.1, 0.15) is 18.4 Å². The maximum absolute atomic E-state index is 2.32. The van der Waals surface area contributed by atoms with Crippen LogP contribution in [0.3, 0.4) is 0 Å². The quantitative estimate of drug-likeness (QED) is 0.677. The molecule has 0 N–H and O–H groups in total. The predicted octanol–water partition coefficient (Wildman–Crippen LogP) is 4.53. The lowest BCUT2D eigenvalue weighted by atomic mass is 9.91. The summed E-state index contributed by atoms with van der Waals surface area (Å²) < 4.78 is 0. The Kier molecular flexibility index (Phi) is 2.34. The Balaban J connectivity index is 1.93. The van der Waals surface area contributed by atoms with Gasteiger partial charge in [-0.2, -0.15) is 0 Å². The fourth-order valence-corrected chi connectivity index (χ4v) is 2.06. The van der Waals surface area contributed by atoms with Gasteiger partial charge in [-0.15, -0.1) is 0 Å². The SMILES string of the molecule is C1=C(c2ccc(-c3ccccc3)cc2)CC1. The summed E-state index contributed by atoms with van der Waals surface area (Å²) in [6.07, 6.45) is 4.80. The number of allylic oxidation sites excluding steroid dienone is 2. The van der Waals surface area contributed by atoms with Crippen LogP contribution in [-0.2, 0) is 0 Å². The van der Waals surface area contributed by atoms with Gasteiger partial charge in [0, 0.05) is 0 Å². The molecule has 0 bridgehead atoms. The fourth-order valence-electron chi connectivity index (χ4n) is 2.06. The average molecular weight is 206 g/mol. The molecule has 3 rings (SSSR count). The minimum Gasteiger partial charge on any atom is -0.0804 e. The zero-order valence-corrected chi connectivity index (χ0v) is 9.19. The monoisotopic (exact) mass is 206 g/mol. The molecular weight excluding hydrogens is 192 g/mol. The van der Waals surface area contributed by atoms with E-state index in [0.717, 1.165) is 0 Å². The molecule has 16 heavy (non-hydrogen) atoms. The smallest absolute Gasteiger partial charge is 0.0184 e. The molecule has 1 aliphatic carbocycles. The molecule has 0 heterocycles. The highest BCUT2D eigenvalue weighted by atomic mass is 14.1. The Morgan fingerprint density at radius 2 is 1.19 bits per heavy atom. The van der Waals surface area contributed by atoms with Crippen LogP contribution in [0.4, 0.5) is 0 Å². The third-order valence-electron chi connectivity index (χ3n) is 3.17. The molecule has 0 atom stereocenters. The van der Waals surface area contributed by atoms with Crippen molar-refractivity contribution in [2.24, 2.45) is 0 Å². The summed E-state index contributed by atoms with van der Waals surface area (Å²) in [7, 11) is 0. The Morgan fingerprint density at radius 3 is 1.75 bits per heavy atom. The molecule has 0 aromatic heterocycles. The summed E-state index contributed by atoms with van der Waals surface area (Å²) >= 11 is 0. The number of hydrogen-bond acceptors (Lipinski definition) is 0. The van der Waals surface area contributed by atoms with Gasteiger partial charge in [-0.1, -0.05) is 60.7 Å². The lowest BCUT2D eigenvalue weighted by Crippen LogP contribution is -1.92. The average Bonchev–Trinajstić information content (AvgIpc) is 2.29. The molecule has 0 saturated carbocycles. The molecule has 0 aliphatic heterocycles. The lowest BCUT2D eigenvalue weighted by molar-refractivity contribution is 0.988. The van der Waals surface area contributed by atoms with E-state index in [1.165, 1.54) is 35.1 Å². The minimum atomic E-state index is 1.24. The van der Waals surface area contributed by atoms with Crippen molar-refractivity contribution in [2.75, 3.05) is 0 Å². The predicted molar refractivity (Wildman–Crippen MR) is 69.1 cm³/mol. The number of benzene rings is 2. The van der Waals surface area contributed by atoms with Gasteiger partial charge in [0.05, 0.1) is 0 Å². The van der Waals surface area contributed by atoms with Crippen LogP contribution >= 0.6 is 0 Å². The van der Waals surface area contributed by atoms with Crippen LogP contribution < -0.4 is 0 Å². The topological polar surface area (TPSA) is 0 Å². The standard InChI is InChI=1S/C16H14/c1-2-5-13(6-3-1)15-9-11-16(12-10-15)14-7-4-8-14/h1-3,5-7,9-12H,4,8H2. The Hall–Kier alpha value is -1.82. The van der Waals surface area contributed by atoms with Crippen LogP contribution in [0.25, 0.3) is 16.7 Å². The fraction of sp³-hybridized carbons (Fsp3) is 0.125. The van der Waals surface area contributed by atoms with Crippen LogP contribution in [0.15, 0.2) is 60.7 Å². The first-order valence-electron chi connectivity index (χ1n) is 5.78. The van der Waals surface area contributed by atoms with E-state index < -0.39 is 0 Å². The second-order valence-electron chi connectivity index (χ2n) is 4.21. The lowest BCUT2D eigenvalue weighted by Gasteiger charge is -2.14. The van der Waals surface area contributed by atoms with E-state index in [-0.39, 0.29) is 0 Å². The molecule has 2 aromatic carbocycles. The molecule has 0 amide bonds. The van der Waals surface area contributed by atoms with E-state index in [2.05, 4.69) is 60.7 Å². The zero-order chi connectivity index (χ0) is 10.8. The summed E-state index contributed by atoms with van der Waals surface area (Å²) in [5.41, 5.74) is 5.46. The van der Waals surface area contributed by atoms with E-state index in [1.807, 2.05) is 0 Å². The van der Waals surface area contributed by atoms with Gasteiger partial charge < -0.3 is 0 Å². The van der Waals surface area contributed by atoms with Crippen molar-refractivity contribution in [3.05, 3.63) is 66.2 Å². The highest BCUT2D eigenvalue weighted by molar-refractivity contribution is 5.72. The van der Waals surface area contributed by atoms with Gasteiger partial charge >= 0.3 is 0 Å². The molecule has 0 heteroatoms. The maximum Gasteiger partial charge on any atom is -0.0184 e. The molecule has 1 aliphatic rings. The van der Waals surface area contributed by atoms with Gasteiger partial charge in [0.2, 0.25) is 0 Å². The molecule has 0 saturated heterocycles. The molecule has 0 nitrogen and oxygen atoms in total. The first kappa shape index (κ1) is 9.41. The highest BCUT2D eigenvalue weighted by Crippen LogP contribution is 2.30. The summed E-state index contributed by atoms with van der Waals surface area (Å²) in [6.45, 7) is 0.